The number of rotatable bonds is 3. The number of likely N-dealkylation sites (tertiary alicyclic amines) is 1. The summed E-state index contributed by atoms with van der Waals surface area (Å²) in [6, 6.07) is 6.63. The van der Waals surface area contributed by atoms with Gasteiger partial charge in [-0.25, -0.2) is 0 Å². The predicted octanol–water partition coefficient (Wildman–Crippen LogP) is 2.32. The Morgan fingerprint density at radius 2 is 2.04 bits per heavy atom. The largest absolute Gasteiger partial charge is 0.339 e. The Labute approximate surface area is 157 Å². The molecule has 0 spiro atoms. The van der Waals surface area contributed by atoms with Crippen LogP contribution < -0.4 is 5.32 Å². The van der Waals surface area contributed by atoms with Crippen molar-refractivity contribution in [3.05, 3.63) is 29.8 Å². The average Bonchev–Trinajstić information content (AvgIpc) is 3.33. The second-order valence-corrected chi connectivity index (χ2v) is 8.84. The summed E-state index contributed by atoms with van der Waals surface area (Å²) >= 11 is 1.67. The number of benzene rings is 1. The van der Waals surface area contributed by atoms with Crippen molar-refractivity contribution in [3.63, 3.8) is 0 Å². The molecule has 6 nitrogen and oxygen atoms in total. The van der Waals surface area contributed by atoms with Gasteiger partial charge in [-0.05, 0) is 44.4 Å². The summed E-state index contributed by atoms with van der Waals surface area (Å²) in [5.74, 6) is 0.496. The lowest BCUT2D eigenvalue weighted by Crippen LogP contribution is -2.48. The zero-order chi connectivity index (χ0) is 18.3. The summed E-state index contributed by atoms with van der Waals surface area (Å²) in [6.45, 7) is 3.62. The molecule has 0 saturated carbocycles. The van der Waals surface area contributed by atoms with Gasteiger partial charge >= 0.3 is 0 Å². The fraction of sp³-hybridized carbons (Fsp3) is 0.526. The highest BCUT2D eigenvalue weighted by molar-refractivity contribution is 8.01. The normalized spacial score (nSPS) is 27.7. The second kappa shape index (κ2) is 6.61. The van der Waals surface area contributed by atoms with Crippen molar-refractivity contribution in [2.24, 2.45) is 0 Å². The zero-order valence-corrected chi connectivity index (χ0v) is 15.7. The lowest BCUT2D eigenvalue weighted by molar-refractivity contribution is -0.135. The Morgan fingerprint density at radius 1 is 1.27 bits per heavy atom. The minimum absolute atomic E-state index is 0.0114. The summed E-state index contributed by atoms with van der Waals surface area (Å²) in [6.07, 6.45) is 3.39. The molecule has 2 atom stereocenters. The molecule has 0 aromatic heterocycles. The Bertz CT molecular complexity index is 762. The first-order valence-corrected chi connectivity index (χ1v) is 10.1. The van der Waals surface area contributed by atoms with E-state index in [1.165, 1.54) is 0 Å². The topological polar surface area (TPSA) is 69.7 Å². The second-order valence-electron chi connectivity index (χ2n) is 7.33. The van der Waals surface area contributed by atoms with Crippen LogP contribution in [0, 0.1) is 0 Å². The summed E-state index contributed by atoms with van der Waals surface area (Å²) < 4.78 is 0. The van der Waals surface area contributed by atoms with Crippen molar-refractivity contribution in [2.45, 2.75) is 43.5 Å². The van der Waals surface area contributed by atoms with E-state index < -0.39 is 6.04 Å². The van der Waals surface area contributed by atoms with Crippen LogP contribution in [0.25, 0.3) is 0 Å². The molecule has 26 heavy (non-hydrogen) atoms. The monoisotopic (exact) mass is 373 g/mol. The Balaban J connectivity index is 1.47. The Kier molecular flexibility index (Phi) is 4.42. The first-order chi connectivity index (χ1) is 12.5. The molecule has 3 fully saturated rings. The summed E-state index contributed by atoms with van der Waals surface area (Å²) in [5.41, 5.74) is 1.19. The number of nitrogens with one attached hydrogen (secondary N) is 1. The predicted molar refractivity (Wildman–Crippen MR) is 101 cm³/mol. The maximum absolute atomic E-state index is 12.8. The summed E-state index contributed by atoms with van der Waals surface area (Å²) in [7, 11) is 0. The van der Waals surface area contributed by atoms with Crippen molar-refractivity contribution in [1.29, 1.82) is 0 Å². The van der Waals surface area contributed by atoms with E-state index in [1.54, 1.807) is 40.9 Å². The van der Waals surface area contributed by atoms with Gasteiger partial charge in [0.25, 0.3) is 5.91 Å². The van der Waals surface area contributed by atoms with Gasteiger partial charge in [0.1, 0.15) is 6.04 Å². The van der Waals surface area contributed by atoms with Gasteiger partial charge in [-0.15, -0.1) is 11.8 Å². The van der Waals surface area contributed by atoms with Crippen molar-refractivity contribution < 1.29 is 14.4 Å². The number of amides is 3. The lowest BCUT2D eigenvalue weighted by atomic mass is 10.1. The van der Waals surface area contributed by atoms with E-state index in [0.29, 0.717) is 23.4 Å². The van der Waals surface area contributed by atoms with Gasteiger partial charge in [0, 0.05) is 36.5 Å². The molecule has 1 aromatic rings. The molecule has 3 aliphatic rings. The molecule has 1 N–H and O–H groups in total. The van der Waals surface area contributed by atoms with E-state index in [4.69, 9.17) is 0 Å². The molecule has 3 amide bonds. The molecule has 3 heterocycles. The fourth-order valence-corrected chi connectivity index (χ4v) is 5.50. The molecule has 0 radical (unpaired) electrons. The molecule has 3 aliphatic heterocycles. The SMILES string of the molecule is C[C@]12CCC(=O)N1[C@@H](C(=O)Nc1cccc(C(=O)N3CCCC3)c1)CS2. The fourth-order valence-electron chi connectivity index (χ4n) is 4.07. The number of anilines is 1. The van der Waals surface area contributed by atoms with Crippen LogP contribution >= 0.6 is 11.8 Å². The van der Waals surface area contributed by atoms with E-state index in [0.717, 1.165) is 32.4 Å². The molecular weight excluding hydrogens is 350 g/mol. The van der Waals surface area contributed by atoms with Crippen LogP contribution in [-0.2, 0) is 9.59 Å². The van der Waals surface area contributed by atoms with E-state index in [2.05, 4.69) is 5.32 Å². The van der Waals surface area contributed by atoms with Crippen LogP contribution in [0.5, 0.6) is 0 Å². The maximum atomic E-state index is 12.8. The van der Waals surface area contributed by atoms with Crippen molar-refractivity contribution in [1.82, 2.24) is 9.80 Å². The number of thioether (sulfide) groups is 1. The summed E-state index contributed by atoms with van der Waals surface area (Å²) in [4.78, 5) is 40.8. The van der Waals surface area contributed by atoms with Gasteiger partial charge in [-0.3, -0.25) is 14.4 Å². The number of carbonyl (C=O) groups excluding carboxylic acids is 3. The molecule has 0 bridgehead atoms. The highest BCUT2D eigenvalue weighted by Gasteiger charge is 2.52. The van der Waals surface area contributed by atoms with Gasteiger partial charge in [0.05, 0.1) is 4.87 Å². The highest BCUT2D eigenvalue weighted by atomic mass is 32.2. The third-order valence-corrected chi connectivity index (χ3v) is 7.02. The minimum Gasteiger partial charge on any atom is -0.339 e. The molecule has 3 saturated heterocycles. The van der Waals surface area contributed by atoms with E-state index in [-0.39, 0.29) is 22.6 Å². The van der Waals surface area contributed by atoms with Crippen LogP contribution in [0.2, 0.25) is 0 Å². The number of fused-ring (bicyclic) bond motifs is 1. The highest BCUT2D eigenvalue weighted by Crippen LogP contribution is 2.47. The van der Waals surface area contributed by atoms with Crippen LogP contribution in [0.15, 0.2) is 24.3 Å². The molecule has 7 heteroatoms. The lowest BCUT2D eigenvalue weighted by Gasteiger charge is -2.29. The Hall–Kier alpha value is -2.02. The number of hydrogen-bond donors (Lipinski definition) is 1. The first kappa shape index (κ1) is 17.4. The van der Waals surface area contributed by atoms with Crippen molar-refractivity contribution in [2.75, 3.05) is 24.2 Å². The van der Waals surface area contributed by atoms with E-state index >= 15 is 0 Å². The van der Waals surface area contributed by atoms with Gasteiger partial charge in [-0.2, -0.15) is 0 Å². The van der Waals surface area contributed by atoms with Crippen LogP contribution in [0.4, 0.5) is 5.69 Å². The van der Waals surface area contributed by atoms with E-state index in [9.17, 15) is 14.4 Å². The van der Waals surface area contributed by atoms with Crippen LogP contribution in [0.3, 0.4) is 0 Å². The van der Waals surface area contributed by atoms with Crippen molar-refractivity contribution in [3.8, 4) is 0 Å². The number of carbonyl (C=O) groups is 3. The van der Waals surface area contributed by atoms with E-state index in [1.807, 2.05) is 11.8 Å². The number of hydrogen-bond acceptors (Lipinski definition) is 4. The van der Waals surface area contributed by atoms with Gasteiger partial charge in [0.2, 0.25) is 11.8 Å². The molecule has 1 aromatic carbocycles. The number of nitrogens with zero attached hydrogens (tertiary/aromatic N) is 2. The van der Waals surface area contributed by atoms with Gasteiger partial charge < -0.3 is 15.1 Å². The summed E-state index contributed by atoms with van der Waals surface area (Å²) in [5, 5.41) is 2.90. The van der Waals surface area contributed by atoms with Crippen molar-refractivity contribution >= 4 is 35.2 Å². The molecule has 0 aliphatic carbocycles. The molecular formula is C19H23N3O3S. The standard InChI is InChI=1S/C19H23N3O3S/c1-19-8-7-16(23)22(19)15(12-26-19)17(24)20-14-6-4-5-13(11-14)18(25)21-9-2-3-10-21/h4-6,11,15H,2-3,7-10,12H2,1H3,(H,20,24)/t15-,19+/m1/s1. The smallest absolute Gasteiger partial charge is 0.253 e. The third-order valence-electron chi connectivity index (χ3n) is 5.52. The first-order valence-electron chi connectivity index (χ1n) is 9.14. The Morgan fingerprint density at radius 3 is 2.81 bits per heavy atom. The maximum Gasteiger partial charge on any atom is 0.253 e. The van der Waals surface area contributed by atoms with Crippen LogP contribution in [0.1, 0.15) is 43.0 Å². The molecule has 138 valence electrons. The molecule has 0 unspecified atom stereocenters. The zero-order valence-electron chi connectivity index (χ0n) is 14.9. The minimum atomic E-state index is -0.446. The molecule has 4 rings (SSSR count). The van der Waals surface area contributed by atoms with Crippen LogP contribution in [-0.4, -0.2) is 57.3 Å². The third kappa shape index (κ3) is 2.98. The average molecular weight is 373 g/mol. The van der Waals surface area contributed by atoms with Gasteiger partial charge in [-0.1, -0.05) is 6.07 Å². The quantitative estimate of drug-likeness (QED) is 0.883. The van der Waals surface area contributed by atoms with Gasteiger partial charge in [0.15, 0.2) is 0 Å².